The third-order valence-corrected chi connectivity index (χ3v) is 10.4. The molecule has 0 atom stereocenters. The molecule has 0 heterocycles. The van der Waals surface area contributed by atoms with E-state index in [0.717, 1.165) is 19.0 Å². The van der Waals surface area contributed by atoms with Gasteiger partial charge in [-0.2, -0.15) is 0 Å². The van der Waals surface area contributed by atoms with Gasteiger partial charge in [-0.15, -0.1) is 0 Å². The molecule has 0 saturated carbocycles. The van der Waals surface area contributed by atoms with Gasteiger partial charge in [-0.1, -0.05) is 86.6 Å². The second-order valence-corrected chi connectivity index (χ2v) is 11.3. The average molecular weight is 489 g/mol. The third kappa shape index (κ3) is 4.84. The van der Waals surface area contributed by atoms with Crippen molar-refractivity contribution in [1.82, 2.24) is 0 Å². The first-order valence-electron chi connectivity index (χ1n) is 10.9. The van der Waals surface area contributed by atoms with Crippen molar-refractivity contribution in [2.75, 3.05) is 0 Å². The molecule has 0 aromatic heterocycles. The van der Waals surface area contributed by atoms with E-state index >= 15 is 0 Å². The minimum atomic E-state index is -1.84. The maximum Gasteiger partial charge on any atom is 0.116 e. The topological polar surface area (TPSA) is 0 Å². The van der Waals surface area contributed by atoms with Gasteiger partial charge in [0.1, 0.15) is 23.2 Å². The molecule has 0 N–H and O–H groups in total. The predicted octanol–water partition coefficient (Wildman–Crippen LogP) is 3.31. The van der Waals surface area contributed by atoms with E-state index in [1.165, 1.54) is 32.6 Å². The SMILES string of the molecule is CCc1ccc(C[P+](c2ccccc2)(c2ccccc2)c2ccccc2)c(CC)c1.[Br-]. The van der Waals surface area contributed by atoms with Crippen LogP contribution in [0.25, 0.3) is 0 Å². The molecule has 0 aliphatic rings. The normalized spacial score (nSPS) is 11.0. The second-order valence-electron chi connectivity index (χ2n) is 7.78. The van der Waals surface area contributed by atoms with Gasteiger partial charge in [-0.3, -0.25) is 0 Å². The van der Waals surface area contributed by atoms with Crippen LogP contribution in [-0.4, -0.2) is 0 Å². The van der Waals surface area contributed by atoms with Crippen LogP contribution in [0.3, 0.4) is 0 Å². The lowest BCUT2D eigenvalue weighted by Gasteiger charge is -2.28. The van der Waals surface area contributed by atoms with Crippen LogP contribution in [0.1, 0.15) is 30.5 Å². The lowest BCUT2D eigenvalue weighted by molar-refractivity contribution is -0.00000598. The Morgan fingerprint density at radius 3 is 1.35 bits per heavy atom. The van der Waals surface area contributed by atoms with Gasteiger partial charge < -0.3 is 17.0 Å². The van der Waals surface area contributed by atoms with Gasteiger partial charge in [-0.05, 0) is 65.9 Å². The summed E-state index contributed by atoms with van der Waals surface area (Å²) in [7, 11) is -1.84. The highest BCUT2D eigenvalue weighted by Gasteiger charge is 2.45. The maximum atomic E-state index is 2.42. The van der Waals surface area contributed by atoms with Crippen LogP contribution in [0.15, 0.2) is 109 Å². The standard InChI is InChI=1S/C29H30P.BrH/c1-3-24-20-21-26(25(4-2)22-24)23-30(27-14-8-5-9-15-27,28-16-10-6-11-17-28)29-18-12-7-13-19-29;/h5-22H,3-4,23H2,1-2H3;1H/q+1;/p-1. The molecule has 0 bridgehead atoms. The number of aryl methyl sites for hydroxylation is 2. The molecular weight excluding hydrogens is 459 g/mol. The number of benzene rings is 4. The molecule has 0 aliphatic carbocycles. The zero-order valence-corrected chi connectivity index (χ0v) is 20.8. The van der Waals surface area contributed by atoms with E-state index in [2.05, 4.69) is 123 Å². The van der Waals surface area contributed by atoms with Crippen molar-refractivity contribution in [2.24, 2.45) is 0 Å². The van der Waals surface area contributed by atoms with Crippen LogP contribution in [0.4, 0.5) is 0 Å². The van der Waals surface area contributed by atoms with E-state index in [1.54, 1.807) is 0 Å². The van der Waals surface area contributed by atoms with Crippen LogP contribution in [0.2, 0.25) is 0 Å². The lowest BCUT2D eigenvalue weighted by Crippen LogP contribution is -3.00. The summed E-state index contributed by atoms with van der Waals surface area (Å²) in [6.07, 6.45) is 3.21. The molecule has 0 nitrogen and oxygen atoms in total. The van der Waals surface area contributed by atoms with E-state index in [0.29, 0.717) is 0 Å². The van der Waals surface area contributed by atoms with Crippen molar-refractivity contribution in [2.45, 2.75) is 32.9 Å². The quantitative estimate of drug-likeness (QED) is 0.350. The molecular formula is C29H30BrP. The van der Waals surface area contributed by atoms with Gasteiger partial charge in [0.2, 0.25) is 0 Å². The molecule has 0 fully saturated rings. The summed E-state index contributed by atoms with van der Waals surface area (Å²) in [6, 6.07) is 40.7. The maximum absolute atomic E-state index is 2.42. The smallest absolute Gasteiger partial charge is 0.116 e. The van der Waals surface area contributed by atoms with E-state index in [4.69, 9.17) is 0 Å². The molecule has 2 heteroatoms. The summed E-state index contributed by atoms with van der Waals surface area (Å²) in [6.45, 7) is 4.52. The van der Waals surface area contributed by atoms with Gasteiger partial charge in [0.15, 0.2) is 0 Å². The largest absolute Gasteiger partial charge is 1.00 e. The monoisotopic (exact) mass is 488 g/mol. The highest BCUT2D eigenvalue weighted by Crippen LogP contribution is 2.58. The van der Waals surface area contributed by atoms with Crippen molar-refractivity contribution < 1.29 is 17.0 Å². The van der Waals surface area contributed by atoms with Crippen LogP contribution in [0, 0.1) is 0 Å². The minimum absolute atomic E-state index is 0. The summed E-state index contributed by atoms with van der Waals surface area (Å²) in [5.74, 6) is 0. The fourth-order valence-corrected chi connectivity index (χ4v) is 8.71. The van der Waals surface area contributed by atoms with E-state index < -0.39 is 7.26 Å². The third-order valence-electron chi connectivity index (χ3n) is 6.06. The molecule has 0 spiro atoms. The first-order chi connectivity index (χ1) is 14.8. The first-order valence-corrected chi connectivity index (χ1v) is 12.9. The number of halogens is 1. The van der Waals surface area contributed by atoms with Gasteiger partial charge in [0.25, 0.3) is 0 Å². The molecule has 0 saturated heterocycles. The Hall–Kier alpha value is -2.21. The molecule has 0 radical (unpaired) electrons. The van der Waals surface area contributed by atoms with Gasteiger partial charge in [0, 0.05) is 0 Å². The van der Waals surface area contributed by atoms with Gasteiger partial charge in [-0.25, -0.2) is 0 Å². The van der Waals surface area contributed by atoms with E-state index in [-0.39, 0.29) is 17.0 Å². The minimum Gasteiger partial charge on any atom is -1.00 e. The Kier molecular flexibility index (Phi) is 8.24. The Labute approximate surface area is 198 Å². The van der Waals surface area contributed by atoms with Crippen molar-refractivity contribution >= 4 is 23.2 Å². The summed E-state index contributed by atoms with van der Waals surface area (Å²) in [5.41, 5.74) is 4.40. The molecule has 0 unspecified atom stereocenters. The van der Waals surface area contributed by atoms with Crippen molar-refractivity contribution in [1.29, 1.82) is 0 Å². The number of hydrogen-bond acceptors (Lipinski definition) is 0. The van der Waals surface area contributed by atoms with Crippen LogP contribution < -0.4 is 32.9 Å². The summed E-state index contributed by atoms with van der Waals surface area (Å²) in [4.78, 5) is 0. The zero-order valence-electron chi connectivity index (χ0n) is 18.3. The van der Waals surface area contributed by atoms with Crippen LogP contribution in [0.5, 0.6) is 0 Å². The second kappa shape index (κ2) is 10.9. The highest BCUT2D eigenvalue weighted by molar-refractivity contribution is 7.95. The highest BCUT2D eigenvalue weighted by atomic mass is 79.9. The molecule has 4 aromatic rings. The van der Waals surface area contributed by atoms with Crippen molar-refractivity contribution in [3.05, 3.63) is 126 Å². The summed E-state index contributed by atoms with van der Waals surface area (Å²) >= 11 is 0. The zero-order chi connectivity index (χ0) is 20.8. The number of hydrogen-bond donors (Lipinski definition) is 0. The van der Waals surface area contributed by atoms with E-state index in [1.807, 2.05) is 0 Å². The fourth-order valence-electron chi connectivity index (χ4n) is 4.41. The fraction of sp³-hybridized carbons (Fsp3) is 0.172. The summed E-state index contributed by atoms with van der Waals surface area (Å²) in [5, 5.41) is 4.34. The Bertz CT molecular complexity index is 979. The van der Waals surface area contributed by atoms with E-state index in [9.17, 15) is 0 Å². The van der Waals surface area contributed by atoms with Crippen LogP contribution >= 0.6 is 7.26 Å². The Morgan fingerprint density at radius 1 is 0.516 bits per heavy atom. The molecule has 158 valence electrons. The summed E-state index contributed by atoms with van der Waals surface area (Å²) < 4.78 is 0. The first kappa shape index (κ1) is 23.5. The average Bonchev–Trinajstić information content (AvgIpc) is 2.84. The molecule has 4 rings (SSSR count). The lowest BCUT2D eigenvalue weighted by atomic mass is 10.0. The predicted molar refractivity (Wildman–Crippen MR) is 134 cm³/mol. The molecule has 4 aromatic carbocycles. The Morgan fingerprint density at radius 2 is 0.968 bits per heavy atom. The molecule has 0 aliphatic heterocycles. The Balaban J connectivity index is 0.00000272. The van der Waals surface area contributed by atoms with Crippen molar-refractivity contribution in [3.63, 3.8) is 0 Å². The molecule has 31 heavy (non-hydrogen) atoms. The number of rotatable bonds is 7. The van der Waals surface area contributed by atoms with Gasteiger partial charge in [0.05, 0.1) is 6.16 Å². The van der Waals surface area contributed by atoms with Gasteiger partial charge >= 0.3 is 0 Å². The molecule has 0 amide bonds. The van der Waals surface area contributed by atoms with Crippen molar-refractivity contribution in [3.8, 4) is 0 Å². The van der Waals surface area contributed by atoms with Crippen LogP contribution in [-0.2, 0) is 19.0 Å².